The maximum atomic E-state index is 9.58. The summed E-state index contributed by atoms with van der Waals surface area (Å²) in [5, 5.41) is 9.58. The highest BCUT2D eigenvalue weighted by atomic mass is 16.3. The molecule has 0 aromatic carbocycles. The van der Waals surface area contributed by atoms with Crippen molar-refractivity contribution < 1.29 is 9.52 Å². The predicted molar refractivity (Wildman–Crippen MR) is 46.7 cm³/mol. The quantitative estimate of drug-likeness (QED) is 0.712. The van der Waals surface area contributed by atoms with E-state index in [1.165, 1.54) is 0 Å². The van der Waals surface area contributed by atoms with Gasteiger partial charge in [0.1, 0.15) is 5.76 Å². The van der Waals surface area contributed by atoms with Gasteiger partial charge in [-0.25, -0.2) is 0 Å². The Kier molecular flexibility index (Phi) is 3.31. The fourth-order valence-electron chi connectivity index (χ4n) is 1.25. The van der Waals surface area contributed by atoms with E-state index < -0.39 is 6.10 Å². The summed E-state index contributed by atoms with van der Waals surface area (Å²) in [6.45, 7) is 2.49. The second kappa shape index (κ2) is 4.28. The van der Waals surface area contributed by atoms with Gasteiger partial charge in [0.15, 0.2) is 0 Å². The van der Waals surface area contributed by atoms with Crippen LogP contribution in [0, 0.1) is 0 Å². The van der Waals surface area contributed by atoms with Gasteiger partial charge < -0.3 is 15.3 Å². The highest BCUT2D eigenvalue weighted by Gasteiger charge is 2.12. The van der Waals surface area contributed by atoms with E-state index in [1.807, 2.05) is 6.92 Å². The number of furan rings is 1. The maximum absolute atomic E-state index is 9.58. The van der Waals surface area contributed by atoms with Crippen LogP contribution in [0.1, 0.15) is 30.8 Å². The minimum absolute atomic E-state index is 0.469. The van der Waals surface area contributed by atoms with Crippen LogP contribution in [-0.2, 0) is 6.42 Å². The molecule has 1 rings (SSSR count). The molecule has 0 aliphatic rings. The molecule has 0 saturated heterocycles. The van der Waals surface area contributed by atoms with Gasteiger partial charge in [0.25, 0.3) is 0 Å². The first-order valence-corrected chi connectivity index (χ1v) is 4.24. The van der Waals surface area contributed by atoms with Crippen molar-refractivity contribution in [3.63, 3.8) is 0 Å². The summed E-state index contributed by atoms with van der Waals surface area (Å²) < 4.78 is 5.18. The third-order valence-electron chi connectivity index (χ3n) is 1.90. The lowest BCUT2D eigenvalue weighted by molar-refractivity contribution is 0.168. The van der Waals surface area contributed by atoms with Crippen LogP contribution in [0.5, 0.6) is 0 Å². The van der Waals surface area contributed by atoms with E-state index in [2.05, 4.69) is 0 Å². The molecule has 1 atom stereocenters. The zero-order chi connectivity index (χ0) is 8.97. The van der Waals surface area contributed by atoms with Gasteiger partial charge in [-0.3, -0.25) is 0 Å². The molecule has 1 heterocycles. The summed E-state index contributed by atoms with van der Waals surface area (Å²) in [6, 6.07) is 1.80. The second-order valence-electron chi connectivity index (χ2n) is 2.75. The molecule has 1 aromatic heterocycles. The van der Waals surface area contributed by atoms with Gasteiger partial charge in [0.05, 0.1) is 12.4 Å². The Morgan fingerprint density at radius 2 is 2.42 bits per heavy atom. The fourth-order valence-corrected chi connectivity index (χ4v) is 1.25. The van der Waals surface area contributed by atoms with E-state index in [4.69, 9.17) is 10.2 Å². The molecule has 3 nitrogen and oxygen atoms in total. The minimum Gasteiger partial charge on any atom is -0.469 e. The van der Waals surface area contributed by atoms with Crippen LogP contribution in [0.25, 0.3) is 0 Å². The lowest BCUT2D eigenvalue weighted by Gasteiger charge is -2.07. The molecule has 0 radical (unpaired) electrons. The van der Waals surface area contributed by atoms with Crippen molar-refractivity contribution in [3.05, 3.63) is 23.7 Å². The van der Waals surface area contributed by atoms with Crippen LogP contribution in [0.15, 0.2) is 16.7 Å². The van der Waals surface area contributed by atoms with Gasteiger partial charge in [-0.05, 0) is 19.0 Å². The first kappa shape index (κ1) is 9.29. The van der Waals surface area contributed by atoms with Crippen LogP contribution in [0.2, 0.25) is 0 Å². The number of aliphatic hydroxyl groups is 1. The van der Waals surface area contributed by atoms with Crippen LogP contribution in [-0.4, -0.2) is 11.7 Å². The molecule has 3 heteroatoms. The molecule has 0 fully saturated rings. The molecule has 0 bridgehead atoms. The van der Waals surface area contributed by atoms with E-state index in [0.29, 0.717) is 13.0 Å². The summed E-state index contributed by atoms with van der Waals surface area (Å²) in [5.74, 6) is 0.857. The molecule has 1 unspecified atom stereocenters. The average molecular weight is 169 g/mol. The normalized spacial score (nSPS) is 13.2. The number of hydrogen-bond donors (Lipinski definition) is 2. The number of aliphatic hydroxyl groups excluding tert-OH is 1. The third kappa shape index (κ3) is 1.87. The van der Waals surface area contributed by atoms with Crippen LogP contribution < -0.4 is 5.73 Å². The Morgan fingerprint density at radius 3 is 3.00 bits per heavy atom. The SMILES string of the molecule is CCc1occc1C(O)CCN. The highest BCUT2D eigenvalue weighted by Crippen LogP contribution is 2.21. The highest BCUT2D eigenvalue weighted by molar-refractivity contribution is 5.19. The first-order valence-electron chi connectivity index (χ1n) is 4.24. The predicted octanol–water partition coefficient (Wildman–Crippen LogP) is 1.22. The topological polar surface area (TPSA) is 59.4 Å². The molecule has 3 N–H and O–H groups in total. The lowest BCUT2D eigenvalue weighted by Crippen LogP contribution is -2.07. The Bertz CT molecular complexity index is 232. The first-order chi connectivity index (χ1) is 5.79. The van der Waals surface area contributed by atoms with Gasteiger partial charge in [-0.15, -0.1) is 0 Å². The number of nitrogens with two attached hydrogens (primary N) is 1. The Labute approximate surface area is 72.2 Å². The van der Waals surface area contributed by atoms with Crippen LogP contribution in [0.3, 0.4) is 0 Å². The Morgan fingerprint density at radius 1 is 1.67 bits per heavy atom. The molecule has 12 heavy (non-hydrogen) atoms. The minimum atomic E-state index is -0.469. The molecule has 0 saturated carbocycles. The molecular weight excluding hydrogens is 154 g/mol. The molecule has 0 spiro atoms. The Balaban J connectivity index is 2.71. The van der Waals surface area contributed by atoms with Gasteiger partial charge in [0, 0.05) is 12.0 Å². The standard InChI is InChI=1S/C9H15NO2/c1-2-9-7(4-6-12-9)8(11)3-5-10/h4,6,8,11H,2-3,5,10H2,1H3. The fraction of sp³-hybridized carbons (Fsp3) is 0.556. The van der Waals surface area contributed by atoms with E-state index in [9.17, 15) is 5.11 Å². The molecule has 0 aliphatic heterocycles. The molecule has 0 aliphatic carbocycles. The van der Waals surface area contributed by atoms with Crippen molar-refractivity contribution >= 4 is 0 Å². The number of hydrogen-bond acceptors (Lipinski definition) is 3. The summed E-state index contributed by atoms with van der Waals surface area (Å²) in [6.07, 6.45) is 2.54. The van der Waals surface area contributed by atoms with Gasteiger partial charge in [-0.1, -0.05) is 6.92 Å². The number of rotatable bonds is 4. The van der Waals surface area contributed by atoms with E-state index >= 15 is 0 Å². The van der Waals surface area contributed by atoms with Crippen LogP contribution >= 0.6 is 0 Å². The van der Waals surface area contributed by atoms with Gasteiger partial charge in [0.2, 0.25) is 0 Å². The van der Waals surface area contributed by atoms with Crippen molar-refractivity contribution in [2.24, 2.45) is 5.73 Å². The summed E-state index contributed by atoms with van der Waals surface area (Å²) >= 11 is 0. The van der Waals surface area contributed by atoms with Crippen LogP contribution in [0.4, 0.5) is 0 Å². The van der Waals surface area contributed by atoms with Crippen molar-refractivity contribution in [1.29, 1.82) is 0 Å². The van der Waals surface area contributed by atoms with E-state index in [-0.39, 0.29) is 0 Å². The van der Waals surface area contributed by atoms with Crippen molar-refractivity contribution in [1.82, 2.24) is 0 Å². The zero-order valence-corrected chi connectivity index (χ0v) is 7.29. The molecular formula is C9H15NO2. The summed E-state index contributed by atoms with van der Waals surface area (Å²) in [7, 11) is 0. The summed E-state index contributed by atoms with van der Waals surface area (Å²) in [5.41, 5.74) is 6.21. The maximum Gasteiger partial charge on any atom is 0.109 e. The van der Waals surface area contributed by atoms with Crippen molar-refractivity contribution in [2.45, 2.75) is 25.9 Å². The molecule has 1 aromatic rings. The van der Waals surface area contributed by atoms with E-state index in [1.54, 1.807) is 12.3 Å². The smallest absolute Gasteiger partial charge is 0.109 e. The summed E-state index contributed by atoms with van der Waals surface area (Å²) in [4.78, 5) is 0. The van der Waals surface area contributed by atoms with Gasteiger partial charge >= 0.3 is 0 Å². The monoisotopic (exact) mass is 169 g/mol. The number of aryl methyl sites for hydroxylation is 1. The Hall–Kier alpha value is -0.800. The van der Waals surface area contributed by atoms with Crippen molar-refractivity contribution in [2.75, 3.05) is 6.54 Å². The van der Waals surface area contributed by atoms with E-state index in [0.717, 1.165) is 17.7 Å². The lowest BCUT2D eigenvalue weighted by atomic mass is 10.1. The second-order valence-corrected chi connectivity index (χ2v) is 2.75. The average Bonchev–Trinajstić information content (AvgIpc) is 2.51. The molecule has 68 valence electrons. The molecule has 0 amide bonds. The zero-order valence-electron chi connectivity index (χ0n) is 7.29. The van der Waals surface area contributed by atoms with Gasteiger partial charge in [-0.2, -0.15) is 0 Å². The van der Waals surface area contributed by atoms with Crippen molar-refractivity contribution in [3.8, 4) is 0 Å². The largest absolute Gasteiger partial charge is 0.469 e. The third-order valence-corrected chi connectivity index (χ3v) is 1.90.